The van der Waals surface area contributed by atoms with Gasteiger partial charge in [0.25, 0.3) is 0 Å². The van der Waals surface area contributed by atoms with Gasteiger partial charge in [0.05, 0.1) is 6.61 Å². The molecule has 0 saturated heterocycles. The number of esters is 1. The second-order valence-corrected chi connectivity index (χ2v) is 4.46. The first-order chi connectivity index (χ1) is 9.17. The van der Waals surface area contributed by atoms with Gasteiger partial charge in [-0.25, -0.2) is 14.8 Å². The van der Waals surface area contributed by atoms with Crippen LogP contribution >= 0.6 is 0 Å². The van der Waals surface area contributed by atoms with Crippen LogP contribution in [-0.4, -0.2) is 29.2 Å². The van der Waals surface area contributed by atoms with Gasteiger partial charge in [-0.15, -0.1) is 0 Å². The summed E-state index contributed by atoms with van der Waals surface area (Å²) in [6.07, 6.45) is 3.54. The van der Waals surface area contributed by atoms with Crippen molar-refractivity contribution >= 4 is 11.8 Å². The lowest BCUT2D eigenvalue weighted by molar-refractivity contribution is 0.0398. The molecule has 1 heterocycles. The van der Waals surface area contributed by atoms with Crippen molar-refractivity contribution in [2.75, 3.05) is 18.9 Å². The Kier molecular flexibility index (Phi) is 4.31. The third-order valence-corrected chi connectivity index (χ3v) is 2.98. The number of nitrogen functional groups attached to an aromatic ring is 1. The van der Waals surface area contributed by atoms with Crippen molar-refractivity contribution in [3.05, 3.63) is 17.6 Å². The van der Waals surface area contributed by atoms with Crippen LogP contribution in [0.2, 0.25) is 0 Å². The molecule has 1 saturated carbocycles. The number of ether oxygens (including phenoxy) is 2. The summed E-state index contributed by atoms with van der Waals surface area (Å²) in [5, 5.41) is 0. The quantitative estimate of drug-likeness (QED) is 0.788. The molecule has 1 atom stereocenters. The van der Waals surface area contributed by atoms with E-state index >= 15 is 0 Å². The molecule has 2 rings (SSSR count). The van der Waals surface area contributed by atoms with Crippen molar-refractivity contribution in [1.29, 1.82) is 0 Å². The Labute approximate surface area is 112 Å². The largest absolute Gasteiger partial charge is 0.462 e. The van der Waals surface area contributed by atoms with Crippen LogP contribution in [0.3, 0.4) is 0 Å². The predicted octanol–water partition coefficient (Wildman–Crippen LogP) is 1.72. The van der Waals surface area contributed by atoms with E-state index in [0.29, 0.717) is 25.0 Å². The van der Waals surface area contributed by atoms with Gasteiger partial charge in [-0.05, 0) is 32.6 Å². The first-order valence-electron chi connectivity index (χ1n) is 6.58. The summed E-state index contributed by atoms with van der Waals surface area (Å²) in [7, 11) is 0. The van der Waals surface area contributed by atoms with Crippen molar-refractivity contribution in [1.82, 2.24) is 9.97 Å². The summed E-state index contributed by atoms with van der Waals surface area (Å²) in [6.45, 7) is 4.57. The number of carbonyl (C=O) groups excluding carboxylic acids is 1. The Morgan fingerprint density at radius 1 is 1.47 bits per heavy atom. The molecule has 1 fully saturated rings. The van der Waals surface area contributed by atoms with Crippen molar-refractivity contribution in [3.63, 3.8) is 0 Å². The molecule has 0 aromatic carbocycles. The van der Waals surface area contributed by atoms with E-state index in [1.54, 1.807) is 6.92 Å². The molecule has 6 nitrogen and oxygen atoms in total. The molecule has 0 radical (unpaired) electrons. The molecule has 0 aliphatic heterocycles. The van der Waals surface area contributed by atoms with Crippen LogP contribution in [-0.2, 0) is 9.47 Å². The fourth-order valence-corrected chi connectivity index (χ4v) is 1.91. The highest BCUT2D eigenvalue weighted by Gasteiger charge is 2.35. The lowest BCUT2D eigenvalue weighted by atomic mass is 10.2. The first-order valence-corrected chi connectivity index (χ1v) is 6.58. The molecule has 1 aromatic rings. The zero-order chi connectivity index (χ0) is 13.8. The Hall–Kier alpha value is -1.69. The Balaban J connectivity index is 2.19. The van der Waals surface area contributed by atoms with Crippen molar-refractivity contribution in [2.24, 2.45) is 5.92 Å². The summed E-state index contributed by atoms with van der Waals surface area (Å²) in [5.74, 6) is 0.669. The van der Waals surface area contributed by atoms with Crippen molar-refractivity contribution in [3.8, 4) is 0 Å². The SMILES string of the molecule is CCOC(=O)c1cnc(C(OCC)C2CC2)nc1N. The van der Waals surface area contributed by atoms with Crippen molar-refractivity contribution < 1.29 is 14.3 Å². The molecule has 2 N–H and O–H groups in total. The highest BCUT2D eigenvalue weighted by Crippen LogP contribution is 2.42. The molecule has 104 valence electrons. The molecule has 0 spiro atoms. The molecule has 1 aliphatic rings. The van der Waals surface area contributed by atoms with E-state index in [-0.39, 0.29) is 17.5 Å². The summed E-state index contributed by atoms with van der Waals surface area (Å²) in [6, 6.07) is 0. The molecule has 1 unspecified atom stereocenters. The Morgan fingerprint density at radius 3 is 2.74 bits per heavy atom. The van der Waals surface area contributed by atoms with Crippen LogP contribution in [0.15, 0.2) is 6.20 Å². The molecule has 1 aromatic heterocycles. The fourth-order valence-electron chi connectivity index (χ4n) is 1.91. The molecular formula is C13H19N3O3. The van der Waals surface area contributed by atoms with Gasteiger partial charge >= 0.3 is 5.97 Å². The number of rotatable bonds is 6. The molecule has 1 aliphatic carbocycles. The molecular weight excluding hydrogens is 246 g/mol. The average Bonchev–Trinajstić information content (AvgIpc) is 3.20. The second-order valence-electron chi connectivity index (χ2n) is 4.46. The highest BCUT2D eigenvalue weighted by atomic mass is 16.5. The topological polar surface area (TPSA) is 87.3 Å². The van der Waals surface area contributed by atoms with Gasteiger partial charge in [-0.3, -0.25) is 0 Å². The monoisotopic (exact) mass is 265 g/mol. The summed E-state index contributed by atoms with van der Waals surface area (Å²) < 4.78 is 10.5. The lowest BCUT2D eigenvalue weighted by Gasteiger charge is -2.15. The summed E-state index contributed by atoms with van der Waals surface area (Å²) >= 11 is 0. The number of nitrogens with two attached hydrogens (primary N) is 1. The minimum atomic E-state index is -0.495. The second kappa shape index (κ2) is 5.97. The fraction of sp³-hybridized carbons (Fsp3) is 0.615. The number of carbonyl (C=O) groups is 1. The minimum Gasteiger partial charge on any atom is -0.462 e. The van der Waals surface area contributed by atoms with Gasteiger partial charge in [0.2, 0.25) is 0 Å². The van der Waals surface area contributed by atoms with Crippen LogP contribution in [0.1, 0.15) is 49.0 Å². The van der Waals surface area contributed by atoms with Gasteiger partial charge < -0.3 is 15.2 Å². The lowest BCUT2D eigenvalue weighted by Crippen LogP contribution is -2.15. The van der Waals surface area contributed by atoms with E-state index < -0.39 is 5.97 Å². The molecule has 0 amide bonds. The standard InChI is InChI=1S/C13H19N3O3/c1-3-18-10(8-5-6-8)12-15-7-9(11(14)16-12)13(17)19-4-2/h7-8,10H,3-6H2,1-2H3,(H2,14,15,16). The molecule has 0 bridgehead atoms. The summed E-state index contributed by atoms with van der Waals surface area (Å²) in [4.78, 5) is 20.0. The van der Waals surface area contributed by atoms with Gasteiger partial charge in [-0.2, -0.15) is 0 Å². The van der Waals surface area contributed by atoms with E-state index in [0.717, 1.165) is 12.8 Å². The number of hydrogen-bond acceptors (Lipinski definition) is 6. The predicted molar refractivity (Wildman–Crippen MR) is 69.5 cm³/mol. The number of aromatic nitrogens is 2. The Morgan fingerprint density at radius 2 is 2.21 bits per heavy atom. The van der Waals surface area contributed by atoms with E-state index in [4.69, 9.17) is 15.2 Å². The number of anilines is 1. The van der Waals surface area contributed by atoms with E-state index in [1.807, 2.05) is 6.92 Å². The van der Waals surface area contributed by atoms with E-state index in [1.165, 1.54) is 6.20 Å². The maximum Gasteiger partial charge on any atom is 0.343 e. The maximum absolute atomic E-state index is 11.6. The maximum atomic E-state index is 11.6. The smallest absolute Gasteiger partial charge is 0.343 e. The van der Waals surface area contributed by atoms with Crippen LogP contribution in [0.4, 0.5) is 5.82 Å². The van der Waals surface area contributed by atoms with E-state index in [2.05, 4.69) is 9.97 Å². The van der Waals surface area contributed by atoms with Gasteiger partial charge in [-0.1, -0.05) is 0 Å². The van der Waals surface area contributed by atoms with Gasteiger partial charge in [0.1, 0.15) is 17.5 Å². The van der Waals surface area contributed by atoms with Crippen LogP contribution < -0.4 is 5.73 Å². The van der Waals surface area contributed by atoms with Gasteiger partial charge in [0, 0.05) is 12.8 Å². The van der Waals surface area contributed by atoms with Gasteiger partial charge in [0.15, 0.2) is 5.82 Å². The zero-order valence-electron chi connectivity index (χ0n) is 11.3. The van der Waals surface area contributed by atoms with Crippen LogP contribution in [0.25, 0.3) is 0 Å². The molecule has 19 heavy (non-hydrogen) atoms. The van der Waals surface area contributed by atoms with Crippen LogP contribution in [0.5, 0.6) is 0 Å². The molecule has 6 heteroatoms. The Bertz CT molecular complexity index is 460. The van der Waals surface area contributed by atoms with E-state index in [9.17, 15) is 4.79 Å². The average molecular weight is 265 g/mol. The van der Waals surface area contributed by atoms with Crippen molar-refractivity contribution in [2.45, 2.75) is 32.8 Å². The first kappa shape index (κ1) is 13.7. The minimum absolute atomic E-state index is 0.122. The number of nitrogens with zero attached hydrogens (tertiary/aromatic N) is 2. The third-order valence-electron chi connectivity index (χ3n) is 2.98. The normalized spacial score (nSPS) is 16.1. The number of hydrogen-bond donors (Lipinski definition) is 1. The summed E-state index contributed by atoms with van der Waals surface area (Å²) in [5.41, 5.74) is 6.00. The van der Waals surface area contributed by atoms with Crippen LogP contribution in [0, 0.1) is 5.92 Å². The highest BCUT2D eigenvalue weighted by molar-refractivity contribution is 5.93. The third kappa shape index (κ3) is 3.20. The zero-order valence-corrected chi connectivity index (χ0v) is 11.3.